The van der Waals surface area contributed by atoms with E-state index in [1.807, 2.05) is 29.7 Å². The van der Waals surface area contributed by atoms with Gasteiger partial charge in [-0.25, -0.2) is 4.79 Å². The summed E-state index contributed by atoms with van der Waals surface area (Å²) in [6.07, 6.45) is 3.92. The molecule has 0 radical (unpaired) electrons. The number of hydrogen-bond donors (Lipinski definition) is 2. The second kappa shape index (κ2) is 5.88. The number of carboxylic acids is 1. The first kappa shape index (κ1) is 16.1. The van der Waals surface area contributed by atoms with Crippen LogP contribution < -0.4 is 10.3 Å². The van der Waals surface area contributed by atoms with Crippen LogP contribution in [0, 0.1) is 5.92 Å². The molecule has 1 aliphatic carbocycles. The van der Waals surface area contributed by atoms with Gasteiger partial charge in [-0.3, -0.25) is 4.79 Å². The summed E-state index contributed by atoms with van der Waals surface area (Å²) in [6, 6.07) is 6.02. The maximum absolute atomic E-state index is 12.7. The van der Waals surface area contributed by atoms with Gasteiger partial charge in [-0.1, -0.05) is 6.92 Å². The minimum Gasteiger partial charge on any atom is -0.477 e. The van der Waals surface area contributed by atoms with Crippen molar-refractivity contribution in [2.75, 3.05) is 18.0 Å². The smallest absolute Gasteiger partial charge is 0.341 e. The minimum atomic E-state index is -1.18. The Bertz CT molecular complexity index is 900. The number of rotatable bonds is 3. The van der Waals surface area contributed by atoms with E-state index in [0.29, 0.717) is 11.8 Å². The SMILES string of the molecule is C[C@H]1CN(c2ccc3c(c2)c(=O)c(C(=O)O)cn3C2CC2)CC[C@@H]1O. The fourth-order valence-corrected chi connectivity index (χ4v) is 3.71. The van der Waals surface area contributed by atoms with Crippen molar-refractivity contribution in [2.45, 2.75) is 38.3 Å². The maximum Gasteiger partial charge on any atom is 0.341 e. The molecule has 1 aromatic heterocycles. The highest BCUT2D eigenvalue weighted by Gasteiger charge is 2.28. The molecule has 2 heterocycles. The van der Waals surface area contributed by atoms with Crippen molar-refractivity contribution in [3.63, 3.8) is 0 Å². The number of fused-ring (bicyclic) bond motifs is 1. The Kier molecular flexibility index (Phi) is 3.80. The summed E-state index contributed by atoms with van der Waals surface area (Å²) in [5, 5.41) is 19.8. The van der Waals surface area contributed by atoms with E-state index in [4.69, 9.17) is 0 Å². The van der Waals surface area contributed by atoms with Crippen LogP contribution in [-0.4, -0.2) is 39.9 Å². The lowest BCUT2D eigenvalue weighted by atomic mass is 9.96. The van der Waals surface area contributed by atoms with Crippen molar-refractivity contribution >= 4 is 22.6 Å². The van der Waals surface area contributed by atoms with Gasteiger partial charge >= 0.3 is 5.97 Å². The van der Waals surface area contributed by atoms with Crippen molar-refractivity contribution in [1.82, 2.24) is 4.57 Å². The lowest BCUT2D eigenvalue weighted by Crippen LogP contribution is -2.42. The van der Waals surface area contributed by atoms with Crippen LogP contribution in [0.15, 0.2) is 29.2 Å². The number of anilines is 1. The summed E-state index contributed by atoms with van der Waals surface area (Å²) in [7, 11) is 0. The Hall–Kier alpha value is -2.34. The van der Waals surface area contributed by atoms with Gasteiger partial charge in [0.25, 0.3) is 0 Å². The van der Waals surface area contributed by atoms with Crippen LogP contribution in [0.4, 0.5) is 5.69 Å². The van der Waals surface area contributed by atoms with Gasteiger partial charge in [0.15, 0.2) is 0 Å². The van der Waals surface area contributed by atoms with E-state index in [9.17, 15) is 19.8 Å². The predicted molar refractivity (Wildman–Crippen MR) is 95.4 cm³/mol. The van der Waals surface area contributed by atoms with Crippen LogP contribution in [0.25, 0.3) is 10.9 Å². The summed E-state index contributed by atoms with van der Waals surface area (Å²) >= 11 is 0. The first-order valence-electron chi connectivity index (χ1n) is 8.81. The number of aliphatic hydroxyl groups is 1. The van der Waals surface area contributed by atoms with E-state index in [0.717, 1.165) is 37.1 Å². The third-order valence-electron chi connectivity index (χ3n) is 5.41. The summed E-state index contributed by atoms with van der Waals surface area (Å²) < 4.78 is 1.94. The molecule has 4 rings (SSSR count). The number of piperidine rings is 1. The molecule has 2 fully saturated rings. The van der Waals surface area contributed by atoms with E-state index in [1.54, 1.807) is 0 Å². The topological polar surface area (TPSA) is 82.8 Å². The molecule has 6 nitrogen and oxygen atoms in total. The van der Waals surface area contributed by atoms with Crippen molar-refractivity contribution in [2.24, 2.45) is 5.92 Å². The standard InChI is InChI=1S/C19H22N2O4/c1-11-9-20(7-6-17(11)22)13-4-5-16-14(8-13)18(23)15(19(24)25)10-21(16)12-2-3-12/h4-5,8,10-12,17,22H,2-3,6-7,9H2,1H3,(H,24,25)/t11-,17-/m0/s1. The number of pyridine rings is 1. The molecule has 0 unspecified atom stereocenters. The summed E-state index contributed by atoms with van der Waals surface area (Å²) in [4.78, 5) is 26.3. The molecule has 2 N–H and O–H groups in total. The lowest BCUT2D eigenvalue weighted by molar-refractivity contribution is 0.0694. The second-order valence-corrected chi connectivity index (χ2v) is 7.30. The molecule has 2 aliphatic rings. The van der Waals surface area contributed by atoms with E-state index in [-0.39, 0.29) is 23.6 Å². The van der Waals surface area contributed by atoms with E-state index < -0.39 is 11.4 Å². The molecule has 1 aliphatic heterocycles. The Labute approximate surface area is 145 Å². The first-order chi connectivity index (χ1) is 12.0. The Morgan fingerprint density at radius 3 is 2.64 bits per heavy atom. The molecule has 0 amide bonds. The van der Waals surface area contributed by atoms with Crippen molar-refractivity contribution < 1.29 is 15.0 Å². The number of aromatic carboxylic acids is 1. The number of hydrogen-bond acceptors (Lipinski definition) is 4. The molecule has 0 spiro atoms. The molecule has 0 bridgehead atoms. The largest absolute Gasteiger partial charge is 0.477 e. The summed E-state index contributed by atoms with van der Waals surface area (Å²) in [6.45, 7) is 3.47. The normalized spacial score (nSPS) is 23.8. The Morgan fingerprint density at radius 1 is 1.24 bits per heavy atom. The van der Waals surface area contributed by atoms with Crippen molar-refractivity contribution in [3.05, 3.63) is 40.2 Å². The van der Waals surface area contributed by atoms with Gasteiger partial charge in [0, 0.05) is 36.4 Å². The zero-order valence-corrected chi connectivity index (χ0v) is 14.2. The van der Waals surface area contributed by atoms with Crippen LogP contribution in [-0.2, 0) is 0 Å². The number of aliphatic hydroxyl groups excluding tert-OH is 1. The van der Waals surface area contributed by atoms with E-state index in [1.165, 1.54) is 6.20 Å². The number of carboxylic acid groups (broad SMARTS) is 1. The molecule has 1 saturated heterocycles. The van der Waals surface area contributed by atoms with Gasteiger partial charge in [0.2, 0.25) is 5.43 Å². The zero-order chi connectivity index (χ0) is 17.7. The average molecular weight is 342 g/mol. The fourth-order valence-electron chi connectivity index (χ4n) is 3.71. The fraction of sp³-hybridized carbons (Fsp3) is 0.474. The molecule has 132 valence electrons. The molecular weight excluding hydrogens is 320 g/mol. The van der Waals surface area contributed by atoms with Crippen LogP contribution >= 0.6 is 0 Å². The number of aromatic nitrogens is 1. The second-order valence-electron chi connectivity index (χ2n) is 7.30. The molecule has 25 heavy (non-hydrogen) atoms. The average Bonchev–Trinajstić information content (AvgIpc) is 3.42. The van der Waals surface area contributed by atoms with Crippen LogP contribution in [0.1, 0.15) is 42.6 Å². The third-order valence-corrected chi connectivity index (χ3v) is 5.41. The highest BCUT2D eigenvalue weighted by molar-refractivity contribution is 5.93. The molecular formula is C19H22N2O4. The summed E-state index contributed by atoms with van der Waals surface area (Å²) in [5.74, 6) is -1.01. The molecule has 6 heteroatoms. The quantitative estimate of drug-likeness (QED) is 0.894. The van der Waals surface area contributed by atoms with E-state index >= 15 is 0 Å². The monoisotopic (exact) mass is 342 g/mol. The van der Waals surface area contributed by atoms with Crippen LogP contribution in [0.2, 0.25) is 0 Å². The van der Waals surface area contributed by atoms with Gasteiger partial charge in [0.05, 0.1) is 11.6 Å². The Morgan fingerprint density at radius 2 is 2.00 bits per heavy atom. The highest BCUT2D eigenvalue weighted by atomic mass is 16.4. The van der Waals surface area contributed by atoms with Crippen LogP contribution in [0.3, 0.4) is 0 Å². The van der Waals surface area contributed by atoms with E-state index in [2.05, 4.69) is 4.90 Å². The number of benzene rings is 1. The molecule has 1 saturated carbocycles. The predicted octanol–water partition coefficient (Wildman–Crippen LogP) is 2.24. The first-order valence-corrected chi connectivity index (χ1v) is 8.81. The van der Waals surface area contributed by atoms with Crippen LogP contribution in [0.5, 0.6) is 0 Å². The highest BCUT2D eigenvalue weighted by Crippen LogP contribution is 2.37. The maximum atomic E-state index is 12.7. The van der Waals surface area contributed by atoms with Gasteiger partial charge in [-0.05, 0) is 43.4 Å². The summed E-state index contributed by atoms with van der Waals surface area (Å²) in [5.41, 5.74) is 1.12. The molecule has 2 atom stereocenters. The van der Waals surface area contributed by atoms with Crippen molar-refractivity contribution in [3.8, 4) is 0 Å². The van der Waals surface area contributed by atoms with Crippen molar-refractivity contribution in [1.29, 1.82) is 0 Å². The number of nitrogens with zero attached hydrogens (tertiary/aromatic N) is 2. The minimum absolute atomic E-state index is 0.165. The van der Waals surface area contributed by atoms with Gasteiger partial charge < -0.3 is 19.7 Å². The van der Waals surface area contributed by atoms with Gasteiger partial charge in [0.1, 0.15) is 5.56 Å². The third kappa shape index (κ3) is 2.80. The molecule has 1 aromatic carbocycles. The number of carbonyl (C=O) groups is 1. The Balaban J connectivity index is 1.83. The van der Waals surface area contributed by atoms with Gasteiger partial charge in [-0.2, -0.15) is 0 Å². The zero-order valence-electron chi connectivity index (χ0n) is 14.2. The lowest BCUT2D eigenvalue weighted by Gasteiger charge is -2.36. The van der Waals surface area contributed by atoms with Gasteiger partial charge in [-0.15, -0.1) is 0 Å². The molecule has 2 aromatic rings.